The Kier molecular flexibility index (Phi) is 8.69. The van der Waals surface area contributed by atoms with Crippen molar-refractivity contribution in [3.8, 4) is 11.1 Å². The van der Waals surface area contributed by atoms with Gasteiger partial charge < -0.3 is 9.80 Å². The zero-order valence-corrected chi connectivity index (χ0v) is 31.9. The monoisotopic (exact) mass is 692 g/mol. The molecule has 0 aliphatic rings. The first kappa shape index (κ1) is 33.5. The summed E-state index contributed by atoms with van der Waals surface area (Å²) in [6.45, 7) is 15.3. The summed E-state index contributed by atoms with van der Waals surface area (Å²) in [7, 11) is 0. The minimum absolute atomic E-state index is 1.14. The Morgan fingerprint density at radius 1 is 0.327 bits per heavy atom. The average molecular weight is 693 g/mol. The Hall–Kier alpha value is -5.64. The summed E-state index contributed by atoms with van der Waals surface area (Å²) in [5.41, 5.74) is 18.3. The first-order chi connectivity index (χ1) is 25.1. The van der Waals surface area contributed by atoms with E-state index in [1.165, 1.54) is 87.3 Å². The molecule has 0 N–H and O–H groups in total. The number of anilines is 6. The molecule has 256 valence electrons. The van der Waals surface area contributed by atoms with Gasteiger partial charge in [-0.3, -0.25) is 0 Å². The van der Waals surface area contributed by atoms with Gasteiger partial charge in [-0.2, -0.15) is 0 Å². The predicted molar refractivity (Wildman–Crippen MR) is 227 cm³/mol. The van der Waals surface area contributed by atoms with Crippen molar-refractivity contribution in [2.45, 2.75) is 48.5 Å². The van der Waals surface area contributed by atoms with Crippen molar-refractivity contribution in [2.75, 3.05) is 9.80 Å². The highest BCUT2D eigenvalue weighted by atomic mass is 32.1. The third-order valence-electron chi connectivity index (χ3n) is 10.2. The van der Waals surface area contributed by atoms with E-state index in [1.807, 2.05) is 11.3 Å². The van der Waals surface area contributed by atoms with E-state index in [9.17, 15) is 0 Å². The van der Waals surface area contributed by atoms with E-state index in [2.05, 4.69) is 198 Å². The molecule has 0 aliphatic heterocycles. The maximum atomic E-state index is 2.41. The minimum atomic E-state index is 1.14. The van der Waals surface area contributed by atoms with Crippen molar-refractivity contribution >= 4 is 65.6 Å². The summed E-state index contributed by atoms with van der Waals surface area (Å²) in [6.07, 6.45) is 0. The summed E-state index contributed by atoms with van der Waals surface area (Å²) in [5, 5.41) is 2.64. The van der Waals surface area contributed by atoms with Crippen LogP contribution in [-0.4, -0.2) is 0 Å². The second-order valence-corrected chi connectivity index (χ2v) is 15.5. The van der Waals surface area contributed by atoms with Crippen molar-refractivity contribution in [3.63, 3.8) is 0 Å². The van der Waals surface area contributed by atoms with Gasteiger partial charge in [-0.25, -0.2) is 0 Å². The van der Waals surface area contributed by atoms with E-state index in [4.69, 9.17) is 0 Å². The molecule has 0 saturated carbocycles. The van der Waals surface area contributed by atoms with E-state index in [0.717, 1.165) is 17.1 Å². The molecule has 0 amide bonds. The van der Waals surface area contributed by atoms with Gasteiger partial charge in [-0.1, -0.05) is 89.0 Å². The first-order valence-corrected chi connectivity index (χ1v) is 18.9. The summed E-state index contributed by atoms with van der Waals surface area (Å²) in [6, 6.07) is 52.0. The largest absolute Gasteiger partial charge is 0.310 e. The molecule has 2 nitrogen and oxygen atoms in total. The van der Waals surface area contributed by atoms with Gasteiger partial charge in [0.05, 0.1) is 0 Å². The van der Waals surface area contributed by atoms with Gasteiger partial charge in [0.1, 0.15) is 0 Å². The zero-order valence-electron chi connectivity index (χ0n) is 31.1. The Bertz CT molecular complexity index is 2540. The molecule has 1 aromatic heterocycles. The number of nitrogens with zero attached hydrogens (tertiary/aromatic N) is 2. The van der Waals surface area contributed by atoms with Gasteiger partial charge in [0.15, 0.2) is 0 Å². The SMILES string of the molecule is Cc1ccc(N(c2ccc(-c3ccc(N(c4ccc(C)cc4C)c4ccc(C)cc4C)cc3)cc2)c2ccc3sc4ccc(C)cc4c3c2)c(C)c1. The van der Waals surface area contributed by atoms with E-state index in [0.29, 0.717) is 0 Å². The smallest absolute Gasteiger partial charge is 0.0491 e. The van der Waals surface area contributed by atoms with Crippen LogP contribution in [0.15, 0.2) is 140 Å². The maximum Gasteiger partial charge on any atom is 0.0491 e. The highest BCUT2D eigenvalue weighted by Gasteiger charge is 2.19. The predicted octanol–water partition coefficient (Wildman–Crippen LogP) is 14.8. The Balaban J connectivity index is 1.17. The number of fused-ring (bicyclic) bond motifs is 3. The van der Waals surface area contributed by atoms with Crippen molar-refractivity contribution < 1.29 is 0 Å². The summed E-state index contributed by atoms with van der Waals surface area (Å²) >= 11 is 1.87. The fraction of sp³-hybridized carbons (Fsp3) is 0.143. The van der Waals surface area contributed by atoms with Gasteiger partial charge >= 0.3 is 0 Å². The van der Waals surface area contributed by atoms with Gasteiger partial charge in [-0.05, 0) is 149 Å². The molecule has 0 spiro atoms. The van der Waals surface area contributed by atoms with Crippen LogP contribution in [0.1, 0.15) is 38.9 Å². The van der Waals surface area contributed by atoms with Crippen LogP contribution in [-0.2, 0) is 0 Å². The third-order valence-corrected chi connectivity index (χ3v) is 11.4. The van der Waals surface area contributed by atoms with Crippen molar-refractivity contribution in [1.29, 1.82) is 0 Å². The van der Waals surface area contributed by atoms with Crippen LogP contribution in [0.25, 0.3) is 31.3 Å². The topological polar surface area (TPSA) is 6.48 Å². The van der Waals surface area contributed by atoms with E-state index < -0.39 is 0 Å². The number of benzene rings is 7. The van der Waals surface area contributed by atoms with Crippen LogP contribution in [0, 0.1) is 48.5 Å². The average Bonchev–Trinajstić information content (AvgIpc) is 3.49. The molecule has 8 rings (SSSR count). The third kappa shape index (κ3) is 6.27. The molecular weight excluding hydrogens is 649 g/mol. The van der Waals surface area contributed by atoms with Crippen molar-refractivity contribution in [1.82, 2.24) is 0 Å². The second-order valence-electron chi connectivity index (χ2n) is 14.4. The van der Waals surface area contributed by atoms with Gasteiger partial charge in [-0.15, -0.1) is 11.3 Å². The van der Waals surface area contributed by atoms with E-state index in [1.54, 1.807) is 0 Å². The molecule has 0 bridgehead atoms. The molecule has 0 unspecified atom stereocenters. The molecule has 0 saturated heterocycles. The lowest BCUT2D eigenvalue weighted by Gasteiger charge is -2.29. The quantitative estimate of drug-likeness (QED) is 0.164. The number of rotatable bonds is 7. The van der Waals surface area contributed by atoms with Crippen LogP contribution in [0.4, 0.5) is 34.1 Å². The van der Waals surface area contributed by atoms with Crippen LogP contribution in [0.3, 0.4) is 0 Å². The number of thiophene rings is 1. The van der Waals surface area contributed by atoms with E-state index in [-0.39, 0.29) is 0 Å². The summed E-state index contributed by atoms with van der Waals surface area (Å²) < 4.78 is 2.65. The van der Waals surface area contributed by atoms with Crippen LogP contribution in [0.5, 0.6) is 0 Å². The van der Waals surface area contributed by atoms with Gasteiger partial charge in [0.25, 0.3) is 0 Å². The van der Waals surface area contributed by atoms with Gasteiger partial charge in [0, 0.05) is 54.3 Å². The summed E-state index contributed by atoms with van der Waals surface area (Å²) in [5.74, 6) is 0. The van der Waals surface area contributed by atoms with E-state index >= 15 is 0 Å². The molecule has 1 heterocycles. The minimum Gasteiger partial charge on any atom is -0.310 e. The highest BCUT2D eigenvalue weighted by Crippen LogP contribution is 2.43. The molecule has 0 fully saturated rings. The summed E-state index contributed by atoms with van der Waals surface area (Å²) in [4.78, 5) is 4.80. The lowest BCUT2D eigenvalue weighted by Crippen LogP contribution is -2.13. The number of hydrogen-bond donors (Lipinski definition) is 0. The Labute approximate surface area is 312 Å². The molecule has 8 aromatic rings. The zero-order chi connectivity index (χ0) is 36.1. The molecule has 0 atom stereocenters. The van der Waals surface area contributed by atoms with Crippen molar-refractivity contribution in [3.05, 3.63) is 178 Å². The fourth-order valence-corrected chi connectivity index (χ4v) is 8.69. The van der Waals surface area contributed by atoms with Crippen LogP contribution in [0.2, 0.25) is 0 Å². The molecule has 3 heteroatoms. The normalized spacial score (nSPS) is 11.4. The Morgan fingerprint density at radius 2 is 0.692 bits per heavy atom. The molecule has 0 radical (unpaired) electrons. The van der Waals surface area contributed by atoms with Gasteiger partial charge in [0.2, 0.25) is 0 Å². The second kappa shape index (κ2) is 13.5. The van der Waals surface area contributed by atoms with Crippen LogP contribution < -0.4 is 9.80 Å². The molecule has 0 aliphatic carbocycles. The Morgan fingerprint density at radius 3 is 1.17 bits per heavy atom. The molecule has 52 heavy (non-hydrogen) atoms. The highest BCUT2D eigenvalue weighted by molar-refractivity contribution is 7.25. The van der Waals surface area contributed by atoms with Crippen LogP contribution >= 0.6 is 11.3 Å². The fourth-order valence-electron chi connectivity index (χ4n) is 7.63. The molecule has 7 aromatic carbocycles. The maximum absolute atomic E-state index is 2.41. The first-order valence-electron chi connectivity index (χ1n) is 18.1. The van der Waals surface area contributed by atoms with Crippen molar-refractivity contribution in [2.24, 2.45) is 0 Å². The molecular formula is C49H44N2S. The number of aryl methyl sites for hydroxylation is 7. The lowest BCUT2D eigenvalue weighted by molar-refractivity contribution is 1.21. The standard InChI is InChI=1S/C49H44N2S/c1-31-8-21-45(35(5)26-31)50(42-20-25-49-44(30-42)43-29-34(4)11-24-48(43)52-49)40-16-12-38(13-17-40)39-14-18-41(19-15-39)51(46-22-9-32(2)27-36(46)6)47-23-10-33(3)28-37(47)7/h8-30H,1-7H3. The lowest BCUT2D eigenvalue weighted by atomic mass is 10.0. The number of hydrogen-bond acceptors (Lipinski definition) is 3.